The lowest BCUT2D eigenvalue weighted by Gasteiger charge is -2.05. The van der Waals surface area contributed by atoms with Gasteiger partial charge in [-0.25, -0.2) is 9.67 Å². The van der Waals surface area contributed by atoms with E-state index in [0.717, 1.165) is 27.8 Å². The molecule has 0 aliphatic rings. The van der Waals surface area contributed by atoms with Crippen LogP contribution in [0.25, 0.3) is 5.13 Å². The van der Waals surface area contributed by atoms with Crippen molar-refractivity contribution >= 4 is 28.9 Å². The molecule has 0 saturated heterocycles. The van der Waals surface area contributed by atoms with E-state index in [1.54, 1.807) is 23.1 Å². The van der Waals surface area contributed by atoms with Crippen molar-refractivity contribution in [1.82, 2.24) is 29.8 Å². The van der Waals surface area contributed by atoms with E-state index in [-0.39, 0.29) is 5.78 Å². The summed E-state index contributed by atoms with van der Waals surface area (Å²) in [4.78, 5) is 17.1. The van der Waals surface area contributed by atoms with Crippen molar-refractivity contribution in [2.24, 2.45) is 7.05 Å². The Bertz CT molecular complexity index is 863. The average Bonchev–Trinajstić information content (AvgIpc) is 3.17. The molecule has 7 nitrogen and oxygen atoms in total. The highest BCUT2D eigenvalue weighted by molar-refractivity contribution is 7.99. The van der Waals surface area contributed by atoms with Crippen LogP contribution in [0.5, 0.6) is 0 Å². The third-order valence-electron chi connectivity index (χ3n) is 3.44. The van der Waals surface area contributed by atoms with Crippen LogP contribution in [0.4, 0.5) is 0 Å². The first-order chi connectivity index (χ1) is 11.0. The molecule has 23 heavy (non-hydrogen) atoms. The number of nitrogens with zero attached hydrogens (tertiary/aromatic N) is 6. The van der Waals surface area contributed by atoms with Gasteiger partial charge in [0, 0.05) is 29.4 Å². The first-order valence-electron chi connectivity index (χ1n) is 6.97. The van der Waals surface area contributed by atoms with E-state index in [1.165, 1.54) is 11.8 Å². The number of hydrogen-bond donors (Lipinski definition) is 0. The van der Waals surface area contributed by atoms with Crippen molar-refractivity contribution in [3.8, 4) is 5.13 Å². The predicted octanol–water partition coefficient (Wildman–Crippen LogP) is 2.36. The third-order valence-corrected chi connectivity index (χ3v) is 5.40. The summed E-state index contributed by atoms with van der Waals surface area (Å²) in [7, 11) is 1.75. The van der Waals surface area contributed by atoms with Gasteiger partial charge in [0.25, 0.3) is 0 Å². The Morgan fingerprint density at radius 3 is 2.74 bits per heavy atom. The van der Waals surface area contributed by atoms with E-state index >= 15 is 0 Å². The van der Waals surface area contributed by atoms with Gasteiger partial charge in [-0.2, -0.15) is 0 Å². The van der Waals surface area contributed by atoms with Crippen LogP contribution in [0.3, 0.4) is 0 Å². The van der Waals surface area contributed by atoms with E-state index in [4.69, 9.17) is 0 Å². The van der Waals surface area contributed by atoms with E-state index in [9.17, 15) is 4.79 Å². The number of ketones is 1. The number of thioether (sulfide) groups is 1. The molecule has 0 radical (unpaired) electrons. The smallest absolute Gasteiger partial charge is 0.209 e. The van der Waals surface area contributed by atoms with Crippen LogP contribution in [0.15, 0.2) is 16.6 Å². The number of tetrazole rings is 1. The molecule has 0 N–H and O–H groups in total. The fourth-order valence-electron chi connectivity index (χ4n) is 2.34. The SMILES string of the molecule is Cc1csc(-n2c(C)cc(C(=O)CSc3nnnn3C)c2C)n1. The van der Waals surface area contributed by atoms with Crippen LogP contribution in [0.2, 0.25) is 0 Å². The van der Waals surface area contributed by atoms with Crippen molar-refractivity contribution in [3.63, 3.8) is 0 Å². The van der Waals surface area contributed by atoms with Crippen molar-refractivity contribution in [3.05, 3.63) is 34.1 Å². The van der Waals surface area contributed by atoms with Gasteiger partial charge in [0.1, 0.15) is 0 Å². The van der Waals surface area contributed by atoms with Gasteiger partial charge in [-0.1, -0.05) is 11.8 Å². The Morgan fingerprint density at radius 2 is 2.13 bits per heavy atom. The topological polar surface area (TPSA) is 78.5 Å². The van der Waals surface area contributed by atoms with Crippen LogP contribution < -0.4 is 0 Å². The minimum atomic E-state index is 0.0608. The van der Waals surface area contributed by atoms with Gasteiger partial charge in [0.2, 0.25) is 5.16 Å². The largest absolute Gasteiger partial charge is 0.294 e. The van der Waals surface area contributed by atoms with Gasteiger partial charge in [0.05, 0.1) is 11.4 Å². The van der Waals surface area contributed by atoms with E-state index in [2.05, 4.69) is 20.5 Å². The summed E-state index contributed by atoms with van der Waals surface area (Å²) < 4.78 is 3.58. The van der Waals surface area contributed by atoms with E-state index in [1.807, 2.05) is 36.8 Å². The molecule has 0 fully saturated rings. The maximum Gasteiger partial charge on any atom is 0.209 e. The highest BCUT2D eigenvalue weighted by atomic mass is 32.2. The normalized spacial score (nSPS) is 11.1. The molecule has 0 bridgehead atoms. The second-order valence-electron chi connectivity index (χ2n) is 5.19. The van der Waals surface area contributed by atoms with Crippen LogP contribution in [0.1, 0.15) is 27.4 Å². The first-order valence-corrected chi connectivity index (χ1v) is 8.83. The van der Waals surface area contributed by atoms with Gasteiger partial charge in [-0.05, 0) is 37.3 Å². The lowest BCUT2D eigenvalue weighted by molar-refractivity contribution is 0.102. The summed E-state index contributed by atoms with van der Waals surface area (Å²) in [5.41, 5.74) is 3.62. The zero-order chi connectivity index (χ0) is 16.6. The summed E-state index contributed by atoms with van der Waals surface area (Å²) in [6.07, 6.45) is 0. The molecule has 120 valence electrons. The minimum absolute atomic E-state index is 0.0608. The summed E-state index contributed by atoms with van der Waals surface area (Å²) in [5.74, 6) is 0.362. The lowest BCUT2D eigenvalue weighted by atomic mass is 10.2. The number of Topliss-reactive ketones (excluding diaryl/α,β-unsaturated/α-hetero) is 1. The Kier molecular flexibility index (Phi) is 4.31. The Morgan fingerprint density at radius 1 is 1.35 bits per heavy atom. The minimum Gasteiger partial charge on any atom is -0.294 e. The summed E-state index contributed by atoms with van der Waals surface area (Å²) in [6, 6.07) is 1.92. The molecule has 0 saturated carbocycles. The fourth-order valence-corrected chi connectivity index (χ4v) is 3.98. The van der Waals surface area contributed by atoms with Crippen LogP contribution in [-0.4, -0.2) is 41.3 Å². The number of carbonyl (C=O) groups is 1. The van der Waals surface area contributed by atoms with E-state index < -0.39 is 0 Å². The molecule has 0 amide bonds. The zero-order valence-electron chi connectivity index (χ0n) is 13.3. The highest BCUT2D eigenvalue weighted by Crippen LogP contribution is 2.25. The fraction of sp³-hybridized carbons (Fsp3) is 0.357. The van der Waals surface area contributed by atoms with Crippen LogP contribution in [-0.2, 0) is 7.05 Å². The number of hydrogen-bond acceptors (Lipinski definition) is 7. The first kappa shape index (κ1) is 15.9. The number of aryl methyl sites for hydroxylation is 3. The van der Waals surface area contributed by atoms with Crippen LogP contribution in [0, 0.1) is 20.8 Å². The molecule has 0 aliphatic heterocycles. The molecular weight excluding hydrogens is 332 g/mol. The second kappa shape index (κ2) is 6.25. The van der Waals surface area contributed by atoms with Gasteiger partial charge >= 0.3 is 0 Å². The molecular formula is C14H16N6OS2. The van der Waals surface area contributed by atoms with Crippen molar-refractivity contribution in [1.29, 1.82) is 0 Å². The molecule has 9 heteroatoms. The van der Waals surface area contributed by atoms with Gasteiger partial charge in [-0.15, -0.1) is 16.4 Å². The predicted molar refractivity (Wildman–Crippen MR) is 89.5 cm³/mol. The molecule has 0 spiro atoms. The molecule has 3 aromatic heterocycles. The highest BCUT2D eigenvalue weighted by Gasteiger charge is 2.19. The van der Waals surface area contributed by atoms with E-state index in [0.29, 0.717) is 10.9 Å². The third kappa shape index (κ3) is 3.06. The lowest BCUT2D eigenvalue weighted by Crippen LogP contribution is -2.06. The average molecular weight is 348 g/mol. The number of rotatable bonds is 5. The number of aromatic nitrogens is 6. The summed E-state index contributed by atoms with van der Waals surface area (Å²) in [6.45, 7) is 5.90. The van der Waals surface area contributed by atoms with Gasteiger partial charge < -0.3 is 0 Å². The Labute approximate surface area is 141 Å². The molecule has 0 aromatic carbocycles. The summed E-state index contributed by atoms with van der Waals surface area (Å²) >= 11 is 2.91. The number of carbonyl (C=O) groups excluding carboxylic acids is 1. The molecule has 0 unspecified atom stereocenters. The summed E-state index contributed by atoms with van der Waals surface area (Å²) in [5, 5.41) is 14.7. The van der Waals surface area contributed by atoms with Crippen LogP contribution >= 0.6 is 23.1 Å². The van der Waals surface area contributed by atoms with Gasteiger partial charge in [0.15, 0.2) is 10.9 Å². The second-order valence-corrected chi connectivity index (χ2v) is 6.97. The molecule has 3 aromatic rings. The number of thiazole rings is 1. The maximum atomic E-state index is 12.5. The molecule has 3 heterocycles. The Hall–Kier alpha value is -2.00. The zero-order valence-corrected chi connectivity index (χ0v) is 14.9. The molecule has 0 aliphatic carbocycles. The van der Waals surface area contributed by atoms with Gasteiger partial charge in [-0.3, -0.25) is 9.36 Å². The molecule has 0 atom stereocenters. The molecule has 3 rings (SSSR count). The van der Waals surface area contributed by atoms with Crippen molar-refractivity contribution in [2.45, 2.75) is 25.9 Å². The standard InChI is InChI=1S/C14H16N6OS2/c1-8-6-22-13(15-8)20-9(2)5-11(10(20)3)12(21)7-23-14-16-17-18-19(14)4/h5-6H,7H2,1-4H3. The Balaban J connectivity index is 1.83. The quantitative estimate of drug-likeness (QED) is 0.520. The van der Waals surface area contributed by atoms with Crippen molar-refractivity contribution in [2.75, 3.05) is 5.75 Å². The van der Waals surface area contributed by atoms with Crippen molar-refractivity contribution < 1.29 is 4.79 Å². The monoisotopic (exact) mass is 348 g/mol. The maximum absolute atomic E-state index is 12.5.